The Hall–Kier alpha value is -1.35. The van der Waals surface area contributed by atoms with E-state index < -0.39 is 0 Å². The number of hydrogen-bond donors (Lipinski definition) is 1. The van der Waals surface area contributed by atoms with Gasteiger partial charge in [0, 0.05) is 17.1 Å². The Balaban J connectivity index is 2.57. The van der Waals surface area contributed by atoms with E-state index in [0.29, 0.717) is 6.54 Å². The van der Waals surface area contributed by atoms with E-state index in [4.69, 9.17) is 0 Å². The van der Waals surface area contributed by atoms with Crippen LogP contribution >= 0.6 is 15.9 Å². The maximum absolute atomic E-state index is 11.4. The number of benzene rings is 1. The van der Waals surface area contributed by atoms with Crippen LogP contribution in [0.1, 0.15) is 11.1 Å². The molecule has 0 bridgehead atoms. The van der Waals surface area contributed by atoms with E-state index in [1.165, 1.54) is 6.08 Å². The van der Waals surface area contributed by atoms with Gasteiger partial charge in [0.25, 0.3) is 0 Å². The second-order valence-corrected chi connectivity index (χ2v) is 4.55. The first-order valence-corrected chi connectivity index (χ1v) is 5.73. The number of aryl methyl sites for hydroxylation is 1. The molecule has 1 aromatic rings. The Morgan fingerprint density at radius 3 is 2.81 bits per heavy atom. The molecule has 0 aromatic heterocycles. The van der Waals surface area contributed by atoms with E-state index in [1.807, 2.05) is 37.3 Å². The van der Waals surface area contributed by atoms with Gasteiger partial charge >= 0.3 is 0 Å². The molecule has 84 valence electrons. The molecule has 16 heavy (non-hydrogen) atoms. The van der Waals surface area contributed by atoms with Gasteiger partial charge in [0.15, 0.2) is 0 Å². The molecule has 0 unspecified atom stereocenters. The quantitative estimate of drug-likeness (QED) is 0.844. The minimum atomic E-state index is -0.121. The van der Waals surface area contributed by atoms with Crippen LogP contribution in [0, 0.1) is 6.92 Å². The van der Waals surface area contributed by atoms with Crippen molar-refractivity contribution in [1.29, 1.82) is 0 Å². The van der Waals surface area contributed by atoms with E-state index in [0.717, 1.165) is 15.6 Å². The van der Waals surface area contributed by atoms with Gasteiger partial charge in [0.2, 0.25) is 5.91 Å². The molecule has 0 fully saturated rings. The SMILES string of the molecule is C=C(Br)CNC(=O)/C=C/c1ccccc1C. The number of rotatable bonds is 4. The van der Waals surface area contributed by atoms with Crippen molar-refractivity contribution in [1.82, 2.24) is 5.32 Å². The van der Waals surface area contributed by atoms with Crippen molar-refractivity contribution in [3.63, 3.8) is 0 Å². The van der Waals surface area contributed by atoms with Crippen LogP contribution in [0.15, 0.2) is 41.4 Å². The van der Waals surface area contributed by atoms with Gasteiger partial charge < -0.3 is 5.32 Å². The molecule has 2 nitrogen and oxygen atoms in total. The van der Waals surface area contributed by atoms with E-state index in [-0.39, 0.29) is 5.91 Å². The summed E-state index contributed by atoms with van der Waals surface area (Å²) in [6, 6.07) is 7.91. The van der Waals surface area contributed by atoms with E-state index in [9.17, 15) is 4.79 Å². The Kier molecular flexibility index (Phi) is 4.99. The smallest absolute Gasteiger partial charge is 0.244 e. The average molecular weight is 280 g/mol. The Bertz CT molecular complexity index is 424. The predicted molar refractivity (Wildman–Crippen MR) is 71.3 cm³/mol. The summed E-state index contributed by atoms with van der Waals surface area (Å²) in [4.78, 5) is 11.4. The highest BCUT2D eigenvalue weighted by Gasteiger charge is 1.96. The summed E-state index contributed by atoms with van der Waals surface area (Å²) < 4.78 is 0.755. The minimum Gasteiger partial charge on any atom is -0.348 e. The zero-order valence-electron chi connectivity index (χ0n) is 9.16. The molecule has 0 atom stereocenters. The number of carbonyl (C=O) groups excluding carboxylic acids is 1. The molecule has 3 heteroatoms. The van der Waals surface area contributed by atoms with Gasteiger partial charge in [-0.05, 0) is 24.1 Å². The normalized spacial score (nSPS) is 10.4. The number of halogens is 1. The molecule has 0 radical (unpaired) electrons. The molecule has 0 aliphatic carbocycles. The van der Waals surface area contributed by atoms with Crippen molar-refractivity contribution in [2.45, 2.75) is 6.92 Å². The van der Waals surface area contributed by atoms with Gasteiger partial charge in [0.05, 0.1) is 0 Å². The highest BCUT2D eigenvalue weighted by molar-refractivity contribution is 9.11. The van der Waals surface area contributed by atoms with Gasteiger partial charge in [0.1, 0.15) is 0 Å². The lowest BCUT2D eigenvalue weighted by molar-refractivity contribution is -0.116. The third-order valence-corrected chi connectivity index (χ3v) is 2.34. The molecular formula is C13H14BrNO. The van der Waals surface area contributed by atoms with Crippen molar-refractivity contribution in [3.05, 3.63) is 52.5 Å². The summed E-state index contributed by atoms with van der Waals surface area (Å²) >= 11 is 3.18. The molecule has 0 aliphatic heterocycles. The van der Waals surface area contributed by atoms with Gasteiger partial charge in [-0.2, -0.15) is 0 Å². The van der Waals surface area contributed by atoms with Crippen LogP contribution in [0.5, 0.6) is 0 Å². The fraction of sp³-hybridized carbons (Fsp3) is 0.154. The van der Waals surface area contributed by atoms with Crippen LogP contribution in [0.3, 0.4) is 0 Å². The molecule has 1 amide bonds. The monoisotopic (exact) mass is 279 g/mol. The maximum Gasteiger partial charge on any atom is 0.244 e. The maximum atomic E-state index is 11.4. The van der Waals surface area contributed by atoms with Gasteiger partial charge in [-0.1, -0.05) is 46.8 Å². The molecule has 1 N–H and O–H groups in total. The lowest BCUT2D eigenvalue weighted by atomic mass is 10.1. The number of nitrogens with one attached hydrogen (secondary N) is 1. The van der Waals surface area contributed by atoms with Gasteiger partial charge in [-0.3, -0.25) is 4.79 Å². The standard InChI is InChI=1S/C13H14BrNO/c1-10-5-3-4-6-12(10)7-8-13(16)15-9-11(2)14/h3-8H,2,9H2,1H3,(H,15,16)/b8-7+. The Labute approximate surface area is 104 Å². The van der Waals surface area contributed by atoms with Crippen LogP contribution in [0.4, 0.5) is 0 Å². The van der Waals surface area contributed by atoms with E-state index in [2.05, 4.69) is 27.8 Å². The van der Waals surface area contributed by atoms with Crippen molar-refractivity contribution in [2.24, 2.45) is 0 Å². The topological polar surface area (TPSA) is 29.1 Å². The second-order valence-electron chi connectivity index (χ2n) is 3.42. The van der Waals surface area contributed by atoms with Crippen LogP contribution in [0.25, 0.3) is 6.08 Å². The number of hydrogen-bond acceptors (Lipinski definition) is 1. The first-order chi connectivity index (χ1) is 7.59. The Morgan fingerprint density at radius 1 is 1.50 bits per heavy atom. The first-order valence-electron chi connectivity index (χ1n) is 4.94. The van der Waals surface area contributed by atoms with Crippen LogP contribution < -0.4 is 5.32 Å². The van der Waals surface area contributed by atoms with Crippen LogP contribution in [-0.2, 0) is 4.79 Å². The number of carbonyl (C=O) groups is 1. The summed E-state index contributed by atoms with van der Waals surface area (Å²) in [6.07, 6.45) is 3.33. The number of amides is 1. The largest absolute Gasteiger partial charge is 0.348 e. The van der Waals surface area contributed by atoms with Crippen molar-refractivity contribution < 1.29 is 4.79 Å². The summed E-state index contributed by atoms with van der Waals surface area (Å²) in [5.74, 6) is -0.121. The van der Waals surface area contributed by atoms with E-state index >= 15 is 0 Å². The summed E-state index contributed by atoms with van der Waals surface area (Å²) in [5, 5.41) is 2.70. The molecule has 0 saturated heterocycles. The summed E-state index contributed by atoms with van der Waals surface area (Å²) in [5.41, 5.74) is 2.20. The lowest BCUT2D eigenvalue weighted by Crippen LogP contribution is -2.21. The second kappa shape index (κ2) is 6.28. The third-order valence-electron chi connectivity index (χ3n) is 2.06. The molecule has 1 aromatic carbocycles. The molecule has 1 rings (SSSR count). The Morgan fingerprint density at radius 2 is 2.19 bits per heavy atom. The molecular weight excluding hydrogens is 266 g/mol. The van der Waals surface area contributed by atoms with Gasteiger partial charge in [-0.25, -0.2) is 0 Å². The molecule has 0 aliphatic rings. The fourth-order valence-electron chi connectivity index (χ4n) is 1.18. The summed E-state index contributed by atoms with van der Waals surface area (Å²) in [7, 11) is 0. The highest BCUT2D eigenvalue weighted by Crippen LogP contribution is 2.08. The molecule has 0 spiro atoms. The zero-order valence-corrected chi connectivity index (χ0v) is 10.8. The predicted octanol–water partition coefficient (Wildman–Crippen LogP) is 3.03. The zero-order chi connectivity index (χ0) is 12.0. The van der Waals surface area contributed by atoms with Crippen molar-refractivity contribution in [2.75, 3.05) is 6.54 Å². The average Bonchev–Trinajstić information content (AvgIpc) is 2.25. The van der Waals surface area contributed by atoms with E-state index in [1.54, 1.807) is 0 Å². The lowest BCUT2D eigenvalue weighted by Gasteiger charge is -2.00. The van der Waals surface area contributed by atoms with Gasteiger partial charge in [-0.15, -0.1) is 0 Å². The molecule has 0 saturated carbocycles. The van der Waals surface area contributed by atoms with Crippen LogP contribution in [0.2, 0.25) is 0 Å². The van der Waals surface area contributed by atoms with Crippen molar-refractivity contribution in [3.8, 4) is 0 Å². The third kappa shape index (κ3) is 4.45. The van der Waals surface area contributed by atoms with Crippen LogP contribution in [-0.4, -0.2) is 12.5 Å². The van der Waals surface area contributed by atoms with Crippen molar-refractivity contribution >= 4 is 27.9 Å². The fourth-order valence-corrected chi connectivity index (χ4v) is 1.32. The first kappa shape index (κ1) is 12.7. The molecule has 0 heterocycles. The highest BCUT2D eigenvalue weighted by atomic mass is 79.9. The summed E-state index contributed by atoms with van der Waals surface area (Å²) in [6.45, 7) is 6.09. The minimum absolute atomic E-state index is 0.121.